The second-order valence-corrected chi connectivity index (χ2v) is 7.87. The molecule has 0 aromatic heterocycles. The van der Waals surface area contributed by atoms with Crippen molar-refractivity contribution < 1.29 is 28.5 Å². The number of anilines is 1. The molecule has 1 aliphatic heterocycles. The zero-order chi connectivity index (χ0) is 25.7. The average molecular weight is 485 g/mol. The van der Waals surface area contributed by atoms with Gasteiger partial charge >= 0.3 is 5.97 Å². The molecule has 3 aromatic carbocycles. The van der Waals surface area contributed by atoms with Gasteiger partial charge in [-0.05, 0) is 60.0 Å². The molecule has 0 fully saturated rings. The first-order valence-electron chi connectivity index (χ1n) is 11.1. The summed E-state index contributed by atoms with van der Waals surface area (Å²) in [6.45, 7) is 0.519. The molecular formula is C28H24N2O6. The van der Waals surface area contributed by atoms with Crippen LogP contribution in [-0.4, -0.2) is 39.8 Å². The third kappa shape index (κ3) is 4.86. The molecule has 3 aromatic rings. The quantitative estimate of drug-likeness (QED) is 0.212. The van der Waals surface area contributed by atoms with Gasteiger partial charge in [-0.2, -0.15) is 5.26 Å². The van der Waals surface area contributed by atoms with Crippen molar-refractivity contribution in [3.63, 3.8) is 0 Å². The molecule has 0 saturated carbocycles. The predicted octanol–water partition coefficient (Wildman–Crippen LogP) is 4.43. The Kier molecular flexibility index (Phi) is 7.21. The van der Waals surface area contributed by atoms with E-state index < -0.39 is 5.97 Å². The van der Waals surface area contributed by atoms with Crippen molar-refractivity contribution in [2.75, 3.05) is 32.8 Å². The summed E-state index contributed by atoms with van der Waals surface area (Å²) >= 11 is 0. The highest BCUT2D eigenvalue weighted by Crippen LogP contribution is 2.33. The lowest BCUT2D eigenvalue weighted by Crippen LogP contribution is -2.29. The molecule has 0 spiro atoms. The normalized spacial score (nSPS) is 12.4. The number of esters is 1. The lowest BCUT2D eigenvalue weighted by Gasteiger charge is -2.16. The highest BCUT2D eigenvalue weighted by Gasteiger charge is 2.26. The van der Waals surface area contributed by atoms with Crippen LogP contribution in [0.3, 0.4) is 0 Å². The molecule has 0 radical (unpaired) electrons. The van der Waals surface area contributed by atoms with Crippen molar-refractivity contribution in [3.05, 3.63) is 82.9 Å². The van der Waals surface area contributed by atoms with Crippen molar-refractivity contribution in [2.45, 2.75) is 6.42 Å². The fourth-order valence-electron chi connectivity index (χ4n) is 3.98. The summed E-state index contributed by atoms with van der Waals surface area (Å²) in [5.74, 6) is 0.363. The number of hydrogen-bond acceptors (Lipinski definition) is 7. The van der Waals surface area contributed by atoms with Gasteiger partial charge in [0.1, 0.15) is 11.6 Å². The van der Waals surface area contributed by atoms with Crippen molar-refractivity contribution >= 4 is 23.6 Å². The summed E-state index contributed by atoms with van der Waals surface area (Å²) in [6.07, 6.45) is 2.24. The average Bonchev–Trinajstić information content (AvgIpc) is 3.35. The minimum Gasteiger partial charge on any atom is -0.493 e. The van der Waals surface area contributed by atoms with Crippen LogP contribution in [0.25, 0.3) is 6.08 Å². The number of carbonyl (C=O) groups excluding carboxylic acids is 2. The molecule has 182 valence electrons. The molecule has 0 unspecified atom stereocenters. The van der Waals surface area contributed by atoms with E-state index in [9.17, 15) is 14.9 Å². The minimum absolute atomic E-state index is 0.0103. The smallest absolute Gasteiger partial charge is 0.343 e. The number of carbonyl (C=O) groups is 2. The maximum absolute atomic E-state index is 13.1. The van der Waals surface area contributed by atoms with Crippen molar-refractivity contribution in [1.82, 2.24) is 0 Å². The van der Waals surface area contributed by atoms with Crippen LogP contribution in [0.15, 0.2) is 66.2 Å². The first kappa shape index (κ1) is 24.4. The fourth-order valence-corrected chi connectivity index (χ4v) is 3.98. The Labute approximate surface area is 208 Å². The van der Waals surface area contributed by atoms with Gasteiger partial charge in [-0.25, -0.2) is 4.79 Å². The topological polar surface area (TPSA) is 98.1 Å². The second kappa shape index (κ2) is 10.7. The summed E-state index contributed by atoms with van der Waals surface area (Å²) in [5, 5.41) is 9.69. The van der Waals surface area contributed by atoms with Crippen LogP contribution in [0.2, 0.25) is 0 Å². The molecular weight excluding hydrogens is 460 g/mol. The molecule has 0 atom stereocenters. The summed E-state index contributed by atoms with van der Waals surface area (Å²) in [6, 6.07) is 19.1. The van der Waals surface area contributed by atoms with Gasteiger partial charge in [0.15, 0.2) is 23.0 Å². The first-order valence-corrected chi connectivity index (χ1v) is 11.1. The monoisotopic (exact) mass is 484 g/mol. The Bertz CT molecular complexity index is 1390. The molecule has 0 aliphatic carbocycles. The van der Waals surface area contributed by atoms with Crippen LogP contribution in [0.5, 0.6) is 23.0 Å². The molecule has 0 bridgehead atoms. The summed E-state index contributed by atoms with van der Waals surface area (Å²) in [5.41, 5.74) is 2.70. The van der Waals surface area contributed by atoms with Gasteiger partial charge in [-0.3, -0.25) is 4.79 Å². The fraction of sp³-hybridized carbons (Fsp3) is 0.179. The highest BCUT2D eigenvalue weighted by atomic mass is 16.6. The van der Waals surface area contributed by atoms with Gasteiger partial charge in [-0.15, -0.1) is 0 Å². The number of methoxy groups -OCH3 is 3. The van der Waals surface area contributed by atoms with Gasteiger partial charge in [-0.1, -0.05) is 24.3 Å². The van der Waals surface area contributed by atoms with E-state index in [0.717, 1.165) is 17.7 Å². The first-order chi connectivity index (χ1) is 17.5. The van der Waals surface area contributed by atoms with Crippen molar-refractivity contribution in [2.24, 2.45) is 0 Å². The van der Waals surface area contributed by atoms with E-state index in [1.54, 1.807) is 35.2 Å². The molecule has 4 rings (SSSR count). The third-order valence-corrected chi connectivity index (χ3v) is 5.80. The van der Waals surface area contributed by atoms with Gasteiger partial charge in [0.05, 0.1) is 26.9 Å². The number of ether oxygens (including phenoxy) is 4. The maximum Gasteiger partial charge on any atom is 0.343 e. The molecule has 1 amide bonds. The molecule has 0 N–H and O–H groups in total. The summed E-state index contributed by atoms with van der Waals surface area (Å²) in [7, 11) is 4.42. The van der Waals surface area contributed by atoms with Gasteiger partial charge in [0.2, 0.25) is 0 Å². The maximum atomic E-state index is 13.1. The molecule has 0 saturated heterocycles. The highest BCUT2D eigenvalue weighted by molar-refractivity contribution is 6.12. The number of nitriles is 1. The van der Waals surface area contributed by atoms with E-state index >= 15 is 0 Å². The molecule has 1 heterocycles. The Hall–Kier alpha value is -4.77. The van der Waals surface area contributed by atoms with Crippen molar-refractivity contribution in [3.8, 4) is 29.1 Å². The van der Waals surface area contributed by atoms with Gasteiger partial charge in [0.25, 0.3) is 5.91 Å². The van der Waals surface area contributed by atoms with E-state index in [0.29, 0.717) is 23.6 Å². The molecule has 8 heteroatoms. The number of hydrogen-bond donors (Lipinski definition) is 0. The van der Waals surface area contributed by atoms with E-state index in [1.807, 2.05) is 30.3 Å². The van der Waals surface area contributed by atoms with E-state index in [2.05, 4.69) is 0 Å². The van der Waals surface area contributed by atoms with Crippen LogP contribution in [-0.2, 0) is 11.2 Å². The Morgan fingerprint density at radius 3 is 2.31 bits per heavy atom. The zero-order valence-corrected chi connectivity index (χ0v) is 20.1. The Balaban J connectivity index is 1.55. The Morgan fingerprint density at radius 2 is 1.58 bits per heavy atom. The Morgan fingerprint density at radius 1 is 0.889 bits per heavy atom. The SMILES string of the molecule is COc1ccc(C(=O)Oc2ccc(/C=C(\C#N)C(=O)N3CCc4ccccc43)cc2OC)cc1OC. The molecule has 1 aliphatic rings. The van der Waals surface area contributed by atoms with Crippen LogP contribution in [0.4, 0.5) is 5.69 Å². The molecule has 8 nitrogen and oxygen atoms in total. The number of fused-ring (bicyclic) bond motifs is 1. The summed E-state index contributed by atoms with van der Waals surface area (Å²) < 4.78 is 21.4. The van der Waals surface area contributed by atoms with Crippen LogP contribution in [0, 0.1) is 11.3 Å². The number of nitrogens with zero attached hydrogens (tertiary/aromatic N) is 2. The van der Waals surface area contributed by atoms with Crippen LogP contribution in [0.1, 0.15) is 21.5 Å². The van der Waals surface area contributed by atoms with Gasteiger partial charge in [0, 0.05) is 12.2 Å². The second-order valence-electron chi connectivity index (χ2n) is 7.87. The number of benzene rings is 3. The standard InChI is InChI=1S/C28H24N2O6/c1-33-23-11-9-20(16-26(23)35-3)28(32)36-24-10-8-18(15-25(24)34-2)14-21(17-29)27(31)30-13-12-19-6-4-5-7-22(19)30/h4-11,14-16H,12-13H2,1-3H3/b21-14+. The lowest BCUT2D eigenvalue weighted by molar-refractivity contribution is -0.114. The van der Waals surface area contributed by atoms with Gasteiger partial charge < -0.3 is 23.8 Å². The zero-order valence-electron chi connectivity index (χ0n) is 20.1. The van der Waals surface area contributed by atoms with Crippen LogP contribution < -0.4 is 23.8 Å². The minimum atomic E-state index is -0.613. The van der Waals surface area contributed by atoms with E-state index in [1.165, 1.54) is 33.5 Å². The van der Waals surface area contributed by atoms with Crippen LogP contribution >= 0.6 is 0 Å². The molecule has 36 heavy (non-hydrogen) atoms. The predicted molar refractivity (Wildman–Crippen MR) is 134 cm³/mol. The van der Waals surface area contributed by atoms with E-state index in [-0.39, 0.29) is 28.5 Å². The number of para-hydroxylation sites is 1. The number of amides is 1. The third-order valence-electron chi connectivity index (χ3n) is 5.80. The lowest BCUT2D eigenvalue weighted by atomic mass is 10.1. The van der Waals surface area contributed by atoms with Crippen molar-refractivity contribution in [1.29, 1.82) is 5.26 Å². The largest absolute Gasteiger partial charge is 0.493 e. The van der Waals surface area contributed by atoms with E-state index in [4.69, 9.17) is 18.9 Å². The summed E-state index contributed by atoms with van der Waals surface area (Å²) in [4.78, 5) is 27.4. The number of rotatable bonds is 7.